The van der Waals surface area contributed by atoms with E-state index in [9.17, 15) is 4.79 Å². The van der Waals surface area contributed by atoms with Gasteiger partial charge in [0.15, 0.2) is 5.11 Å². The molecule has 0 aromatic heterocycles. The first-order valence-electron chi connectivity index (χ1n) is 8.42. The lowest BCUT2D eigenvalue weighted by Gasteiger charge is -2.34. The Morgan fingerprint density at radius 2 is 1.88 bits per heavy atom. The van der Waals surface area contributed by atoms with E-state index in [1.165, 1.54) is 0 Å². The number of hydrogen-bond donors (Lipinski definition) is 2. The van der Waals surface area contributed by atoms with Gasteiger partial charge in [0.05, 0.1) is 5.71 Å². The molecule has 6 nitrogen and oxygen atoms in total. The summed E-state index contributed by atoms with van der Waals surface area (Å²) in [6.07, 6.45) is 1.36. The molecular formula is C18H26N4O2S. The van der Waals surface area contributed by atoms with Crippen molar-refractivity contribution in [3.8, 4) is 0 Å². The second kappa shape index (κ2) is 8.29. The highest BCUT2D eigenvalue weighted by Gasteiger charge is 2.29. The molecule has 1 amide bonds. The molecule has 136 valence electrons. The molecule has 25 heavy (non-hydrogen) atoms. The Bertz CT molecular complexity index is 632. The predicted molar refractivity (Wildman–Crippen MR) is 103 cm³/mol. The van der Waals surface area contributed by atoms with Crippen molar-refractivity contribution in [2.45, 2.75) is 39.2 Å². The van der Waals surface area contributed by atoms with Crippen LogP contribution in [0.1, 0.15) is 39.2 Å². The van der Waals surface area contributed by atoms with Crippen molar-refractivity contribution in [2.24, 2.45) is 16.8 Å². The number of rotatable bonds is 3. The lowest BCUT2D eigenvalue weighted by Crippen LogP contribution is -2.43. The molecule has 2 rings (SSSR count). The molecule has 1 aromatic rings. The summed E-state index contributed by atoms with van der Waals surface area (Å²) in [5.74, 6) is 0.225. The van der Waals surface area contributed by atoms with Gasteiger partial charge in [-0.25, -0.2) is 4.79 Å². The Labute approximate surface area is 154 Å². The Morgan fingerprint density at radius 1 is 1.28 bits per heavy atom. The van der Waals surface area contributed by atoms with Crippen molar-refractivity contribution in [1.82, 2.24) is 10.3 Å². The number of piperidine rings is 1. The van der Waals surface area contributed by atoms with Crippen LogP contribution in [0.15, 0.2) is 35.4 Å². The number of thiocarbonyl (C=S) groups is 1. The zero-order chi connectivity index (χ0) is 18.4. The number of benzene rings is 1. The quantitative estimate of drug-likeness (QED) is 0.491. The zero-order valence-corrected chi connectivity index (χ0v) is 15.8. The van der Waals surface area contributed by atoms with Gasteiger partial charge < -0.3 is 15.4 Å². The van der Waals surface area contributed by atoms with Crippen molar-refractivity contribution < 1.29 is 9.53 Å². The highest BCUT2D eigenvalue weighted by atomic mass is 32.1. The average Bonchev–Trinajstić information content (AvgIpc) is 2.55. The Morgan fingerprint density at radius 3 is 2.40 bits per heavy atom. The van der Waals surface area contributed by atoms with Gasteiger partial charge in [-0.3, -0.25) is 5.43 Å². The number of carbonyl (C=O) groups excluding carboxylic acids is 1. The van der Waals surface area contributed by atoms with Gasteiger partial charge in [-0.1, -0.05) is 30.3 Å². The number of likely N-dealkylation sites (tertiary alicyclic amines) is 1. The molecule has 1 fully saturated rings. The maximum atomic E-state index is 12.2. The summed E-state index contributed by atoms with van der Waals surface area (Å²) < 4.78 is 5.45. The predicted octanol–water partition coefficient (Wildman–Crippen LogP) is 2.87. The van der Waals surface area contributed by atoms with Crippen LogP contribution in [0.25, 0.3) is 0 Å². The van der Waals surface area contributed by atoms with E-state index in [1.54, 1.807) is 4.90 Å². The Kier molecular flexibility index (Phi) is 6.36. The first-order chi connectivity index (χ1) is 11.8. The number of hydrazone groups is 1. The summed E-state index contributed by atoms with van der Waals surface area (Å²) in [5.41, 5.74) is 9.67. The minimum atomic E-state index is -0.481. The van der Waals surface area contributed by atoms with Crippen molar-refractivity contribution in [2.75, 3.05) is 13.1 Å². The summed E-state index contributed by atoms with van der Waals surface area (Å²) >= 11 is 4.86. The molecule has 1 heterocycles. The molecule has 0 aliphatic carbocycles. The lowest BCUT2D eigenvalue weighted by molar-refractivity contribution is 0.0202. The maximum absolute atomic E-state index is 12.2. The van der Waals surface area contributed by atoms with Crippen molar-refractivity contribution in [1.29, 1.82) is 0 Å². The standard InChI is InChI=1S/C18H26N4O2S/c1-18(2,3)24-17(23)22-11-9-14(10-12-22)15(20-21-16(19)25)13-7-5-4-6-8-13/h4-8,14H,9-12H2,1-3H3,(H3,19,21,25)/b20-15+. The maximum Gasteiger partial charge on any atom is 0.410 e. The van der Waals surface area contributed by atoms with Gasteiger partial charge in [0, 0.05) is 19.0 Å². The molecule has 1 aliphatic rings. The minimum Gasteiger partial charge on any atom is -0.444 e. The summed E-state index contributed by atoms with van der Waals surface area (Å²) in [4.78, 5) is 14.0. The summed E-state index contributed by atoms with van der Waals surface area (Å²) in [6, 6.07) is 9.94. The summed E-state index contributed by atoms with van der Waals surface area (Å²) in [5, 5.41) is 4.55. The van der Waals surface area contributed by atoms with Crippen LogP contribution < -0.4 is 11.2 Å². The fraction of sp³-hybridized carbons (Fsp3) is 0.500. The van der Waals surface area contributed by atoms with Crippen LogP contribution in [0.5, 0.6) is 0 Å². The third-order valence-corrected chi connectivity index (χ3v) is 3.98. The molecule has 0 bridgehead atoms. The Balaban J connectivity index is 2.06. The van der Waals surface area contributed by atoms with E-state index in [2.05, 4.69) is 10.5 Å². The molecular weight excluding hydrogens is 336 g/mol. The SMILES string of the molecule is CC(C)(C)OC(=O)N1CCC(/C(=N/NC(N)=S)c2ccccc2)CC1. The van der Waals surface area contributed by atoms with E-state index in [0.29, 0.717) is 13.1 Å². The van der Waals surface area contributed by atoms with Crippen molar-refractivity contribution >= 4 is 29.1 Å². The van der Waals surface area contributed by atoms with E-state index in [1.807, 2.05) is 51.1 Å². The van der Waals surface area contributed by atoms with Crippen LogP contribution in [0, 0.1) is 5.92 Å². The number of carbonyl (C=O) groups is 1. The van der Waals surface area contributed by atoms with E-state index in [-0.39, 0.29) is 17.1 Å². The van der Waals surface area contributed by atoms with Gasteiger partial charge in [-0.15, -0.1) is 0 Å². The molecule has 0 unspecified atom stereocenters. The molecule has 0 saturated carbocycles. The van der Waals surface area contributed by atoms with Gasteiger partial charge in [0.1, 0.15) is 5.60 Å². The molecule has 3 N–H and O–H groups in total. The van der Waals surface area contributed by atoms with Crippen LogP contribution in [0.2, 0.25) is 0 Å². The van der Waals surface area contributed by atoms with Crippen LogP contribution in [-0.4, -0.2) is 40.5 Å². The minimum absolute atomic E-state index is 0.139. The molecule has 0 spiro atoms. The van der Waals surface area contributed by atoms with E-state index >= 15 is 0 Å². The van der Waals surface area contributed by atoms with Crippen molar-refractivity contribution in [3.63, 3.8) is 0 Å². The third kappa shape index (κ3) is 6.01. The van der Waals surface area contributed by atoms with Gasteiger partial charge in [-0.2, -0.15) is 5.10 Å². The second-order valence-electron chi connectivity index (χ2n) is 7.08. The highest BCUT2D eigenvalue weighted by molar-refractivity contribution is 7.80. The first kappa shape index (κ1) is 19.2. The second-order valence-corrected chi connectivity index (χ2v) is 7.52. The van der Waals surface area contributed by atoms with Gasteiger partial charge in [0.25, 0.3) is 0 Å². The van der Waals surface area contributed by atoms with Crippen LogP contribution >= 0.6 is 12.2 Å². The number of amides is 1. The zero-order valence-electron chi connectivity index (χ0n) is 15.0. The molecule has 1 aliphatic heterocycles. The first-order valence-corrected chi connectivity index (χ1v) is 8.83. The number of hydrogen-bond acceptors (Lipinski definition) is 4. The number of nitrogens with one attached hydrogen (secondary N) is 1. The van der Waals surface area contributed by atoms with E-state index < -0.39 is 5.60 Å². The molecule has 1 saturated heterocycles. The van der Waals surface area contributed by atoms with Gasteiger partial charge in [-0.05, 0) is 51.4 Å². The molecule has 7 heteroatoms. The summed E-state index contributed by atoms with van der Waals surface area (Å²) in [7, 11) is 0. The normalized spacial score (nSPS) is 16.4. The fourth-order valence-electron chi connectivity index (χ4n) is 2.78. The number of ether oxygens (including phenoxy) is 1. The van der Waals surface area contributed by atoms with Gasteiger partial charge in [0.2, 0.25) is 0 Å². The fourth-order valence-corrected chi connectivity index (χ4v) is 2.82. The monoisotopic (exact) mass is 362 g/mol. The van der Waals surface area contributed by atoms with E-state index in [4.69, 9.17) is 22.7 Å². The third-order valence-electron chi connectivity index (χ3n) is 3.89. The van der Waals surface area contributed by atoms with E-state index in [0.717, 1.165) is 24.1 Å². The summed E-state index contributed by atoms with van der Waals surface area (Å²) in [6.45, 7) is 6.90. The smallest absolute Gasteiger partial charge is 0.410 e. The largest absolute Gasteiger partial charge is 0.444 e. The highest BCUT2D eigenvalue weighted by Crippen LogP contribution is 2.24. The average molecular weight is 362 g/mol. The topological polar surface area (TPSA) is 80.0 Å². The van der Waals surface area contributed by atoms with Crippen LogP contribution in [0.4, 0.5) is 4.79 Å². The molecule has 0 radical (unpaired) electrons. The number of nitrogens with two attached hydrogens (primary N) is 1. The van der Waals surface area contributed by atoms with Gasteiger partial charge >= 0.3 is 6.09 Å². The van der Waals surface area contributed by atoms with Crippen molar-refractivity contribution in [3.05, 3.63) is 35.9 Å². The number of nitrogens with zero attached hydrogens (tertiary/aromatic N) is 2. The molecule has 0 atom stereocenters. The molecule has 1 aromatic carbocycles. The lowest BCUT2D eigenvalue weighted by atomic mass is 9.88. The van der Waals surface area contributed by atoms with Crippen LogP contribution in [-0.2, 0) is 4.74 Å². The van der Waals surface area contributed by atoms with Crippen LogP contribution in [0.3, 0.4) is 0 Å². The Hall–Kier alpha value is -2.15.